The fourth-order valence-electron chi connectivity index (χ4n) is 3.94. The Morgan fingerprint density at radius 3 is 2.21 bits per heavy atom. The number of para-hydroxylation sites is 1. The van der Waals surface area contributed by atoms with Crippen molar-refractivity contribution in [3.05, 3.63) is 95.6 Å². The zero-order chi connectivity index (χ0) is 19.7. The second-order valence-electron chi connectivity index (χ2n) is 6.91. The lowest BCUT2D eigenvalue weighted by Crippen LogP contribution is -2.45. The van der Waals surface area contributed by atoms with Crippen molar-refractivity contribution in [3.63, 3.8) is 0 Å². The van der Waals surface area contributed by atoms with Gasteiger partial charge in [0.2, 0.25) is 5.91 Å². The fourth-order valence-corrected chi connectivity index (χ4v) is 3.94. The van der Waals surface area contributed by atoms with Crippen LogP contribution in [0.2, 0.25) is 0 Å². The van der Waals surface area contributed by atoms with Crippen LogP contribution in [0.1, 0.15) is 27.4 Å². The summed E-state index contributed by atoms with van der Waals surface area (Å²) in [7, 11) is 3.31. The zero-order valence-corrected chi connectivity index (χ0v) is 15.8. The predicted octanol–water partition coefficient (Wildman–Crippen LogP) is 4.30. The Morgan fingerprint density at radius 2 is 1.54 bits per heavy atom. The van der Waals surface area contributed by atoms with E-state index in [1.165, 1.54) is 0 Å². The number of nitrogens with zero attached hydrogens (tertiary/aromatic N) is 1. The third kappa shape index (κ3) is 2.97. The Labute approximate surface area is 164 Å². The number of anilines is 1. The molecule has 3 aromatic rings. The predicted molar refractivity (Wildman–Crippen MR) is 109 cm³/mol. The average molecular weight is 371 g/mol. The van der Waals surface area contributed by atoms with Crippen molar-refractivity contribution < 1.29 is 14.3 Å². The normalized spacial score (nSPS) is 18.5. The second kappa shape index (κ2) is 7.31. The van der Waals surface area contributed by atoms with Gasteiger partial charge in [-0.1, -0.05) is 48.5 Å². The maximum absolute atomic E-state index is 13.5. The van der Waals surface area contributed by atoms with E-state index in [0.29, 0.717) is 11.3 Å². The summed E-state index contributed by atoms with van der Waals surface area (Å²) in [6, 6.07) is 24.5. The summed E-state index contributed by atoms with van der Waals surface area (Å²) in [5, 5.41) is 0. The summed E-state index contributed by atoms with van der Waals surface area (Å²) in [5.74, 6) is -0.823. The van der Waals surface area contributed by atoms with E-state index in [1.807, 2.05) is 54.6 Å². The average Bonchev–Trinajstić information content (AvgIpc) is 2.76. The van der Waals surface area contributed by atoms with Crippen molar-refractivity contribution >= 4 is 17.4 Å². The SMILES string of the molecule is COc1ccc(C(=O)[C@@H]2C(=O)N(C)c3ccccc3[C@H]2c2ccccc2)cc1. The van der Waals surface area contributed by atoms with Gasteiger partial charge in [-0.05, 0) is 41.5 Å². The Hall–Kier alpha value is -3.40. The van der Waals surface area contributed by atoms with Gasteiger partial charge in [-0.2, -0.15) is 0 Å². The van der Waals surface area contributed by atoms with E-state index in [1.54, 1.807) is 43.3 Å². The monoisotopic (exact) mass is 371 g/mol. The van der Waals surface area contributed by atoms with Gasteiger partial charge in [0.05, 0.1) is 7.11 Å². The molecule has 1 aliphatic rings. The Morgan fingerprint density at radius 1 is 0.893 bits per heavy atom. The van der Waals surface area contributed by atoms with E-state index in [9.17, 15) is 9.59 Å². The summed E-state index contributed by atoms with van der Waals surface area (Å²) in [4.78, 5) is 28.3. The van der Waals surface area contributed by atoms with Crippen LogP contribution in [0.25, 0.3) is 0 Å². The van der Waals surface area contributed by atoms with Gasteiger partial charge in [0.25, 0.3) is 0 Å². The topological polar surface area (TPSA) is 46.6 Å². The first kappa shape index (κ1) is 18.0. The van der Waals surface area contributed by atoms with E-state index in [0.717, 1.165) is 16.8 Å². The van der Waals surface area contributed by atoms with Gasteiger partial charge in [0.1, 0.15) is 11.7 Å². The van der Waals surface area contributed by atoms with Crippen LogP contribution < -0.4 is 9.64 Å². The molecule has 1 amide bonds. The molecule has 2 atom stereocenters. The molecule has 1 aliphatic heterocycles. The highest BCUT2D eigenvalue weighted by molar-refractivity contribution is 6.17. The molecule has 4 heteroatoms. The van der Waals surface area contributed by atoms with Gasteiger partial charge in [0.15, 0.2) is 5.78 Å². The third-order valence-electron chi connectivity index (χ3n) is 5.38. The minimum absolute atomic E-state index is 0.178. The molecule has 0 bridgehead atoms. The minimum Gasteiger partial charge on any atom is -0.497 e. The molecule has 0 radical (unpaired) electrons. The van der Waals surface area contributed by atoms with Crippen LogP contribution in [0.4, 0.5) is 5.69 Å². The Kier molecular flexibility index (Phi) is 4.70. The van der Waals surface area contributed by atoms with Crippen molar-refractivity contribution in [1.29, 1.82) is 0 Å². The highest BCUT2D eigenvalue weighted by Crippen LogP contribution is 2.43. The molecule has 1 heterocycles. The maximum atomic E-state index is 13.5. The van der Waals surface area contributed by atoms with Crippen LogP contribution in [0.15, 0.2) is 78.9 Å². The molecule has 4 rings (SSSR count). The van der Waals surface area contributed by atoms with Crippen molar-refractivity contribution in [1.82, 2.24) is 0 Å². The summed E-state index contributed by atoms with van der Waals surface area (Å²) < 4.78 is 5.18. The van der Waals surface area contributed by atoms with Crippen molar-refractivity contribution in [2.24, 2.45) is 5.92 Å². The molecule has 0 N–H and O–H groups in total. The number of ketones is 1. The Bertz CT molecular complexity index is 1010. The first-order valence-electron chi connectivity index (χ1n) is 9.21. The standard InChI is InChI=1S/C24H21NO3/c1-25-20-11-7-6-10-19(20)21(16-8-4-3-5-9-16)22(24(25)27)23(26)17-12-14-18(28-2)15-13-17/h3-15,21-22H,1-2H3/t21-,22-/m1/s1. The smallest absolute Gasteiger partial charge is 0.238 e. The van der Waals surface area contributed by atoms with E-state index < -0.39 is 5.92 Å². The lowest BCUT2D eigenvalue weighted by Gasteiger charge is -2.37. The van der Waals surface area contributed by atoms with E-state index in [2.05, 4.69) is 0 Å². The summed E-state index contributed by atoms with van der Waals surface area (Å²) in [6.45, 7) is 0. The molecular formula is C24H21NO3. The molecule has 0 saturated heterocycles. The summed E-state index contributed by atoms with van der Waals surface area (Å²) >= 11 is 0. The third-order valence-corrected chi connectivity index (χ3v) is 5.38. The van der Waals surface area contributed by atoms with Gasteiger partial charge in [-0.25, -0.2) is 0 Å². The molecule has 0 aliphatic carbocycles. The number of methoxy groups -OCH3 is 1. The number of fused-ring (bicyclic) bond motifs is 1. The van der Waals surface area contributed by atoms with Crippen molar-refractivity contribution in [2.75, 3.05) is 19.1 Å². The van der Waals surface area contributed by atoms with Gasteiger partial charge in [-0.15, -0.1) is 0 Å². The van der Waals surface area contributed by atoms with Crippen molar-refractivity contribution in [3.8, 4) is 5.75 Å². The largest absolute Gasteiger partial charge is 0.497 e. The van der Waals surface area contributed by atoms with Crippen LogP contribution in [0, 0.1) is 5.92 Å². The van der Waals surface area contributed by atoms with Gasteiger partial charge in [0, 0.05) is 24.2 Å². The van der Waals surface area contributed by atoms with Crippen LogP contribution in [0.5, 0.6) is 5.75 Å². The molecule has 0 fully saturated rings. The highest BCUT2D eigenvalue weighted by atomic mass is 16.5. The quantitative estimate of drug-likeness (QED) is 0.507. The number of rotatable bonds is 4. The number of carbonyl (C=O) groups is 2. The zero-order valence-electron chi connectivity index (χ0n) is 15.8. The summed E-state index contributed by atoms with van der Waals surface area (Å²) in [5.41, 5.74) is 3.30. The number of Topliss-reactive ketones (excluding diaryl/α,β-unsaturated/α-hetero) is 1. The minimum atomic E-state index is -0.810. The number of benzene rings is 3. The van der Waals surface area contributed by atoms with Gasteiger partial charge >= 0.3 is 0 Å². The lowest BCUT2D eigenvalue weighted by molar-refractivity contribution is -0.121. The fraction of sp³-hybridized carbons (Fsp3) is 0.167. The van der Waals surface area contributed by atoms with E-state index in [4.69, 9.17) is 4.74 Å². The van der Waals surface area contributed by atoms with Crippen LogP contribution in [-0.4, -0.2) is 25.8 Å². The molecule has 4 nitrogen and oxygen atoms in total. The molecular weight excluding hydrogens is 350 g/mol. The van der Waals surface area contributed by atoms with Crippen LogP contribution in [-0.2, 0) is 4.79 Å². The molecule has 0 aromatic heterocycles. The first-order valence-corrected chi connectivity index (χ1v) is 9.21. The van der Waals surface area contributed by atoms with Crippen molar-refractivity contribution in [2.45, 2.75) is 5.92 Å². The summed E-state index contributed by atoms with van der Waals surface area (Å²) in [6.07, 6.45) is 0. The van der Waals surface area contributed by atoms with E-state index >= 15 is 0 Å². The Balaban J connectivity index is 1.85. The molecule has 28 heavy (non-hydrogen) atoms. The molecule has 3 aromatic carbocycles. The number of hydrogen-bond acceptors (Lipinski definition) is 3. The maximum Gasteiger partial charge on any atom is 0.238 e. The lowest BCUT2D eigenvalue weighted by atomic mass is 9.73. The molecule has 0 saturated carbocycles. The number of ether oxygens (including phenoxy) is 1. The number of amides is 1. The first-order chi connectivity index (χ1) is 13.6. The molecule has 0 spiro atoms. The number of hydrogen-bond donors (Lipinski definition) is 0. The van der Waals surface area contributed by atoms with Gasteiger partial charge < -0.3 is 9.64 Å². The second-order valence-corrected chi connectivity index (χ2v) is 6.91. The van der Waals surface area contributed by atoms with Crippen LogP contribution in [0.3, 0.4) is 0 Å². The molecule has 0 unspecified atom stereocenters. The van der Waals surface area contributed by atoms with Crippen LogP contribution >= 0.6 is 0 Å². The molecule has 140 valence electrons. The highest BCUT2D eigenvalue weighted by Gasteiger charge is 2.44. The van der Waals surface area contributed by atoms with Gasteiger partial charge in [-0.3, -0.25) is 9.59 Å². The number of carbonyl (C=O) groups excluding carboxylic acids is 2. The van der Waals surface area contributed by atoms with E-state index in [-0.39, 0.29) is 17.6 Å².